The number of nitrogen functional groups attached to an aromatic ring is 1. The largest absolute Gasteiger partial charge is 0.417 e. The van der Waals surface area contributed by atoms with E-state index in [4.69, 9.17) is 10.7 Å². The number of halogens is 3. The van der Waals surface area contributed by atoms with Crippen molar-refractivity contribution in [2.24, 2.45) is 0 Å². The van der Waals surface area contributed by atoms with Gasteiger partial charge in [-0.3, -0.25) is 14.0 Å². The Bertz CT molecular complexity index is 1660. The average Bonchev–Trinajstić information content (AvgIpc) is 3.34. The van der Waals surface area contributed by atoms with E-state index in [0.717, 1.165) is 25.0 Å². The molecule has 3 aromatic heterocycles. The molecule has 1 saturated heterocycles. The molecule has 4 aromatic rings. The number of anilines is 2. The van der Waals surface area contributed by atoms with Crippen molar-refractivity contribution in [2.75, 3.05) is 24.1 Å². The molecule has 5 rings (SSSR count). The molecule has 9 nitrogen and oxygen atoms in total. The fourth-order valence-electron chi connectivity index (χ4n) is 4.88. The molecule has 4 heterocycles. The van der Waals surface area contributed by atoms with Gasteiger partial charge in [0.15, 0.2) is 0 Å². The van der Waals surface area contributed by atoms with Gasteiger partial charge in [0.1, 0.15) is 11.6 Å². The van der Waals surface area contributed by atoms with Gasteiger partial charge in [-0.15, -0.1) is 0 Å². The number of aromatic nitrogens is 4. The third-order valence-corrected chi connectivity index (χ3v) is 6.67. The van der Waals surface area contributed by atoms with Crippen LogP contribution in [0, 0.1) is 11.8 Å². The number of carbonyl (C=O) groups excluding carboxylic acids is 2. The second-order valence-corrected chi connectivity index (χ2v) is 9.24. The lowest BCUT2D eigenvalue weighted by Gasteiger charge is -2.30. The summed E-state index contributed by atoms with van der Waals surface area (Å²) in [7, 11) is 0. The molecular formula is C28H24F3N7O2. The van der Waals surface area contributed by atoms with Crippen molar-refractivity contribution in [3.8, 4) is 23.2 Å². The molecule has 0 bridgehead atoms. The number of nitrogens with two attached hydrogens (primary N) is 1. The summed E-state index contributed by atoms with van der Waals surface area (Å²) in [5.41, 5.74) is 5.75. The Labute approximate surface area is 227 Å². The van der Waals surface area contributed by atoms with Crippen molar-refractivity contribution in [3.63, 3.8) is 0 Å². The number of pyridine rings is 1. The first-order chi connectivity index (χ1) is 19.2. The SMILES string of the molecule is CC#CC(=O)N1CCCC(c2nc(-c3ccc(C(=O)Nc4ccccn4)c(C(F)(F)F)c3)n3c(N)nccc23)C1. The maximum atomic E-state index is 14.2. The number of likely N-dealkylation sites (tertiary alicyclic amines) is 1. The Kier molecular flexibility index (Phi) is 7.13. The number of carbonyl (C=O) groups is 2. The van der Waals surface area contributed by atoms with Crippen LogP contribution < -0.4 is 11.1 Å². The third-order valence-electron chi connectivity index (χ3n) is 6.67. The minimum atomic E-state index is -4.84. The lowest BCUT2D eigenvalue weighted by molar-refractivity contribution is -0.137. The number of nitrogens with zero attached hydrogens (tertiary/aromatic N) is 5. The standard InChI is InChI=1S/C28H24F3N7O2/c1-2-6-23(39)37-14-5-7-18(16-37)24-21-11-13-34-27(32)38(21)25(36-24)17-9-10-19(20(15-17)28(29,30)31)26(40)35-22-8-3-4-12-33-22/h3-4,8-13,15,18H,5,7,14,16H2,1H3,(H2,32,34)(H,33,35,40). The highest BCUT2D eigenvalue weighted by atomic mass is 19.4. The summed E-state index contributed by atoms with van der Waals surface area (Å²) in [5.74, 6) is 4.06. The van der Waals surface area contributed by atoms with Crippen LogP contribution in [0.25, 0.3) is 16.9 Å². The molecule has 0 aliphatic carbocycles. The first kappa shape index (κ1) is 26.7. The lowest BCUT2D eigenvalue weighted by Crippen LogP contribution is -2.38. The minimum Gasteiger partial charge on any atom is -0.369 e. The van der Waals surface area contributed by atoms with Gasteiger partial charge in [0, 0.05) is 37.0 Å². The van der Waals surface area contributed by atoms with E-state index >= 15 is 0 Å². The first-order valence-corrected chi connectivity index (χ1v) is 12.5. The van der Waals surface area contributed by atoms with Gasteiger partial charge < -0.3 is 16.0 Å². The summed E-state index contributed by atoms with van der Waals surface area (Å²) < 4.78 is 44.1. The number of amides is 2. The van der Waals surface area contributed by atoms with Crippen molar-refractivity contribution >= 4 is 29.1 Å². The molecule has 2 amide bonds. The zero-order valence-electron chi connectivity index (χ0n) is 21.4. The Morgan fingerprint density at radius 2 is 1.95 bits per heavy atom. The van der Waals surface area contributed by atoms with Crippen LogP contribution >= 0.6 is 0 Å². The Balaban J connectivity index is 1.58. The van der Waals surface area contributed by atoms with Crippen LogP contribution in [0.2, 0.25) is 0 Å². The number of alkyl halides is 3. The highest BCUT2D eigenvalue weighted by Crippen LogP contribution is 2.38. The van der Waals surface area contributed by atoms with Crippen LogP contribution in [0.4, 0.5) is 24.9 Å². The van der Waals surface area contributed by atoms with E-state index in [1.807, 2.05) is 0 Å². The lowest BCUT2D eigenvalue weighted by atomic mass is 9.94. The Hall–Kier alpha value is -4.92. The van der Waals surface area contributed by atoms with Crippen LogP contribution in [-0.4, -0.2) is 49.2 Å². The predicted octanol–water partition coefficient (Wildman–Crippen LogP) is 4.37. The van der Waals surface area contributed by atoms with Crippen molar-refractivity contribution in [3.05, 3.63) is 71.7 Å². The molecule has 1 aliphatic rings. The Morgan fingerprint density at radius 3 is 2.67 bits per heavy atom. The van der Waals surface area contributed by atoms with Crippen molar-refractivity contribution in [1.29, 1.82) is 0 Å². The molecule has 0 spiro atoms. The fraction of sp³-hybridized carbons (Fsp3) is 0.250. The molecule has 12 heteroatoms. The first-order valence-electron chi connectivity index (χ1n) is 12.5. The molecule has 0 radical (unpaired) electrons. The van der Waals surface area contributed by atoms with E-state index < -0.39 is 23.2 Å². The summed E-state index contributed by atoms with van der Waals surface area (Å²) in [5, 5.41) is 2.40. The van der Waals surface area contributed by atoms with Crippen LogP contribution in [0.15, 0.2) is 54.9 Å². The minimum absolute atomic E-state index is 0.0392. The number of imidazole rings is 1. The van der Waals surface area contributed by atoms with E-state index in [1.54, 1.807) is 30.0 Å². The highest BCUT2D eigenvalue weighted by Gasteiger charge is 2.36. The van der Waals surface area contributed by atoms with E-state index in [9.17, 15) is 22.8 Å². The molecule has 204 valence electrons. The predicted molar refractivity (Wildman–Crippen MR) is 142 cm³/mol. The number of hydrogen-bond acceptors (Lipinski definition) is 6. The molecule has 1 fully saturated rings. The molecule has 0 saturated carbocycles. The normalized spacial score (nSPS) is 15.4. The molecule has 1 aliphatic heterocycles. The summed E-state index contributed by atoms with van der Waals surface area (Å²) in [6, 6.07) is 9.77. The van der Waals surface area contributed by atoms with Gasteiger partial charge in [0.25, 0.3) is 11.8 Å². The Morgan fingerprint density at radius 1 is 1.12 bits per heavy atom. The topological polar surface area (TPSA) is 119 Å². The number of fused-ring (bicyclic) bond motifs is 1. The molecule has 40 heavy (non-hydrogen) atoms. The number of piperidine rings is 1. The van der Waals surface area contributed by atoms with Crippen LogP contribution in [0.3, 0.4) is 0 Å². The van der Waals surface area contributed by atoms with Crippen LogP contribution in [0.1, 0.15) is 47.3 Å². The number of hydrogen-bond donors (Lipinski definition) is 2. The number of benzene rings is 1. The van der Waals surface area contributed by atoms with E-state index in [-0.39, 0.29) is 35.0 Å². The quantitative estimate of drug-likeness (QED) is 0.366. The van der Waals surface area contributed by atoms with E-state index in [2.05, 4.69) is 27.1 Å². The third kappa shape index (κ3) is 5.18. The zero-order valence-corrected chi connectivity index (χ0v) is 21.4. The summed E-state index contributed by atoms with van der Waals surface area (Å²) in [6.07, 6.45) is -0.480. The smallest absolute Gasteiger partial charge is 0.369 e. The zero-order chi connectivity index (χ0) is 28.4. The van der Waals surface area contributed by atoms with Gasteiger partial charge in [0.2, 0.25) is 5.95 Å². The molecular weight excluding hydrogens is 523 g/mol. The van der Waals surface area contributed by atoms with E-state index in [0.29, 0.717) is 24.3 Å². The average molecular weight is 548 g/mol. The van der Waals surface area contributed by atoms with Gasteiger partial charge in [-0.2, -0.15) is 13.2 Å². The van der Waals surface area contributed by atoms with Gasteiger partial charge in [-0.25, -0.2) is 15.0 Å². The van der Waals surface area contributed by atoms with Gasteiger partial charge >= 0.3 is 6.18 Å². The van der Waals surface area contributed by atoms with Crippen LogP contribution in [0.5, 0.6) is 0 Å². The molecule has 1 atom stereocenters. The van der Waals surface area contributed by atoms with Crippen molar-refractivity contribution in [1.82, 2.24) is 24.3 Å². The summed E-state index contributed by atoms with van der Waals surface area (Å²) in [4.78, 5) is 39.6. The molecule has 3 N–H and O–H groups in total. The highest BCUT2D eigenvalue weighted by molar-refractivity contribution is 6.05. The molecule has 1 unspecified atom stereocenters. The molecule has 1 aromatic carbocycles. The number of nitrogens with one attached hydrogen (secondary N) is 1. The maximum absolute atomic E-state index is 14.2. The fourth-order valence-corrected chi connectivity index (χ4v) is 4.88. The second-order valence-electron chi connectivity index (χ2n) is 9.24. The van der Waals surface area contributed by atoms with Gasteiger partial charge in [-0.1, -0.05) is 18.1 Å². The number of rotatable bonds is 4. The second kappa shape index (κ2) is 10.7. The van der Waals surface area contributed by atoms with Crippen molar-refractivity contribution in [2.45, 2.75) is 31.9 Å². The van der Waals surface area contributed by atoms with Crippen molar-refractivity contribution < 1.29 is 22.8 Å². The van der Waals surface area contributed by atoms with Crippen LogP contribution in [-0.2, 0) is 11.0 Å². The maximum Gasteiger partial charge on any atom is 0.417 e. The van der Waals surface area contributed by atoms with E-state index in [1.165, 1.54) is 28.9 Å². The van der Waals surface area contributed by atoms with Gasteiger partial charge in [-0.05, 0) is 56.0 Å². The van der Waals surface area contributed by atoms with Gasteiger partial charge in [0.05, 0.1) is 22.3 Å². The summed E-state index contributed by atoms with van der Waals surface area (Å²) in [6.45, 7) is 2.51. The monoisotopic (exact) mass is 547 g/mol. The summed E-state index contributed by atoms with van der Waals surface area (Å²) >= 11 is 0.